The third kappa shape index (κ3) is 5.29. The molecule has 0 saturated heterocycles. The number of anilines is 1. The second-order valence-electron chi connectivity index (χ2n) is 8.09. The number of benzene rings is 1. The normalized spacial score (nSPS) is 16.1. The minimum absolute atomic E-state index is 0.0914. The zero-order chi connectivity index (χ0) is 22.8. The lowest BCUT2D eigenvalue weighted by molar-refractivity contribution is -0.171. The molecule has 1 heterocycles. The molecule has 168 valence electrons. The molecule has 0 aliphatic heterocycles. The van der Waals surface area contributed by atoms with Crippen molar-refractivity contribution in [2.45, 2.75) is 71.1 Å². The van der Waals surface area contributed by atoms with Gasteiger partial charge in [-0.3, -0.25) is 14.5 Å². The van der Waals surface area contributed by atoms with Gasteiger partial charge in [0.2, 0.25) is 5.91 Å². The lowest BCUT2D eigenvalue weighted by Crippen LogP contribution is -2.50. The third-order valence-corrected chi connectivity index (χ3v) is 6.84. The summed E-state index contributed by atoms with van der Waals surface area (Å²) in [4.78, 5) is 28.0. The van der Waals surface area contributed by atoms with E-state index in [1.807, 2.05) is 6.92 Å². The summed E-state index contributed by atoms with van der Waals surface area (Å²) in [5.74, 6) is -2.62. The Bertz CT molecular complexity index is 949. The maximum atomic E-state index is 13.7. The molecule has 4 nitrogen and oxygen atoms in total. The quantitative estimate of drug-likeness (QED) is 0.627. The highest BCUT2D eigenvalue weighted by molar-refractivity contribution is 7.12. The lowest BCUT2D eigenvalue weighted by atomic mass is 9.95. The molecule has 2 aromatic rings. The SMILES string of the molecule is Cc1ccc([C@@H](C(=O)NC2CCCCC2)N(C(=O)C(F)(F)F)c2cccc(C)c2C)s1. The van der Waals surface area contributed by atoms with Crippen LogP contribution in [0.5, 0.6) is 0 Å². The van der Waals surface area contributed by atoms with Crippen molar-refractivity contribution >= 4 is 28.8 Å². The van der Waals surface area contributed by atoms with Gasteiger partial charge >= 0.3 is 12.1 Å². The van der Waals surface area contributed by atoms with Crippen molar-refractivity contribution in [3.05, 3.63) is 51.2 Å². The van der Waals surface area contributed by atoms with Gasteiger partial charge < -0.3 is 5.32 Å². The first-order valence-corrected chi connectivity index (χ1v) is 11.2. The van der Waals surface area contributed by atoms with Crippen molar-refractivity contribution in [1.29, 1.82) is 0 Å². The molecule has 8 heteroatoms. The molecular weight excluding hydrogens is 425 g/mol. The molecule has 0 bridgehead atoms. The number of aryl methyl sites for hydroxylation is 2. The van der Waals surface area contributed by atoms with E-state index in [0.29, 0.717) is 15.3 Å². The number of hydrogen-bond acceptors (Lipinski definition) is 3. The molecule has 2 amide bonds. The first-order valence-electron chi connectivity index (χ1n) is 10.4. The number of nitrogens with one attached hydrogen (secondary N) is 1. The van der Waals surface area contributed by atoms with E-state index in [2.05, 4.69) is 5.32 Å². The van der Waals surface area contributed by atoms with Crippen LogP contribution in [0.15, 0.2) is 30.3 Å². The second kappa shape index (κ2) is 9.42. The van der Waals surface area contributed by atoms with Crippen molar-refractivity contribution in [3.8, 4) is 0 Å². The average molecular weight is 453 g/mol. The topological polar surface area (TPSA) is 49.4 Å². The molecule has 0 radical (unpaired) electrons. The minimum Gasteiger partial charge on any atom is -0.351 e. The van der Waals surface area contributed by atoms with Gasteiger partial charge in [-0.25, -0.2) is 0 Å². The summed E-state index contributed by atoms with van der Waals surface area (Å²) < 4.78 is 41.1. The smallest absolute Gasteiger partial charge is 0.351 e. The van der Waals surface area contributed by atoms with Crippen LogP contribution >= 0.6 is 11.3 Å². The molecule has 3 rings (SSSR count). The number of thiophene rings is 1. The zero-order valence-electron chi connectivity index (χ0n) is 17.9. The molecule has 0 spiro atoms. The van der Waals surface area contributed by atoms with Gasteiger partial charge in [0.1, 0.15) is 0 Å². The van der Waals surface area contributed by atoms with Gasteiger partial charge in [-0.1, -0.05) is 31.4 Å². The highest BCUT2D eigenvalue weighted by Crippen LogP contribution is 2.37. The Morgan fingerprint density at radius 1 is 1.06 bits per heavy atom. The van der Waals surface area contributed by atoms with E-state index in [4.69, 9.17) is 0 Å². The number of alkyl halides is 3. The standard InChI is InChI=1S/C23H27F3N2O2S/c1-14-8-7-11-18(16(14)3)28(22(30)23(24,25)26)20(19-13-12-15(2)31-19)21(29)27-17-9-5-4-6-10-17/h7-8,11-13,17,20H,4-6,9-10H2,1-3H3,(H,27,29)/t20-/m0/s1. The Kier molecular flexibility index (Phi) is 7.09. The van der Waals surface area contributed by atoms with Crippen LogP contribution in [0.1, 0.15) is 59.0 Å². The molecule has 1 fully saturated rings. The van der Waals surface area contributed by atoms with E-state index < -0.39 is 24.0 Å². The number of halogens is 3. The maximum Gasteiger partial charge on any atom is 0.471 e. The summed E-state index contributed by atoms with van der Waals surface area (Å²) in [6.07, 6.45) is -0.518. The number of nitrogens with zero attached hydrogens (tertiary/aromatic N) is 1. The molecule has 31 heavy (non-hydrogen) atoms. The number of carbonyl (C=O) groups is 2. The van der Waals surface area contributed by atoms with Crippen LogP contribution in [0.3, 0.4) is 0 Å². The molecule has 1 aromatic heterocycles. The monoisotopic (exact) mass is 452 g/mol. The van der Waals surface area contributed by atoms with E-state index >= 15 is 0 Å². The summed E-state index contributed by atoms with van der Waals surface area (Å²) >= 11 is 1.23. The fraction of sp³-hybridized carbons (Fsp3) is 0.478. The van der Waals surface area contributed by atoms with Gasteiger partial charge in [-0.2, -0.15) is 13.2 Å². The highest BCUT2D eigenvalue weighted by Gasteiger charge is 2.48. The summed E-state index contributed by atoms with van der Waals surface area (Å²) in [5.41, 5.74) is 1.37. The van der Waals surface area contributed by atoms with Gasteiger partial charge in [0.05, 0.1) is 0 Å². The first-order chi connectivity index (χ1) is 14.6. The van der Waals surface area contributed by atoms with E-state index in [0.717, 1.165) is 42.5 Å². The van der Waals surface area contributed by atoms with Crippen LogP contribution in [0.25, 0.3) is 0 Å². The molecule has 1 saturated carbocycles. The Balaban J connectivity index is 2.11. The van der Waals surface area contributed by atoms with E-state index in [1.165, 1.54) is 17.4 Å². The lowest BCUT2D eigenvalue weighted by Gasteiger charge is -2.34. The number of carbonyl (C=O) groups excluding carboxylic acids is 2. The molecule has 1 atom stereocenters. The second-order valence-corrected chi connectivity index (χ2v) is 9.41. The maximum absolute atomic E-state index is 13.7. The Morgan fingerprint density at radius 2 is 1.74 bits per heavy atom. The van der Waals surface area contributed by atoms with Crippen molar-refractivity contribution in [1.82, 2.24) is 5.32 Å². The van der Waals surface area contributed by atoms with Crippen LogP contribution in [0.4, 0.5) is 18.9 Å². The Morgan fingerprint density at radius 3 is 2.32 bits per heavy atom. The first kappa shape index (κ1) is 23.3. The summed E-state index contributed by atoms with van der Waals surface area (Å²) in [6, 6.07) is 6.73. The summed E-state index contributed by atoms with van der Waals surface area (Å²) in [6.45, 7) is 5.25. The number of hydrogen-bond donors (Lipinski definition) is 1. The van der Waals surface area contributed by atoms with Crippen molar-refractivity contribution in [2.24, 2.45) is 0 Å². The Labute approximate surface area is 184 Å². The van der Waals surface area contributed by atoms with Crippen LogP contribution in [-0.2, 0) is 9.59 Å². The molecule has 1 aromatic carbocycles. The molecule has 1 aliphatic carbocycles. The predicted octanol–water partition coefficient (Wildman–Crippen LogP) is 5.76. The van der Waals surface area contributed by atoms with E-state index in [1.54, 1.807) is 38.1 Å². The van der Waals surface area contributed by atoms with Gasteiger partial charge in [0.15, 0.2) is 6.04 Å². The van der Waals surface area contributed by atoms with Crippen molar-refractivity contribution in [2.75, 3.05) is 4.90 Å². The fourth-order valence-corrected chi connectivity index (χ4v) is 4.97. The zero-order valence-corrected chi connectivity index (χ0v) is 18.7. The highest BCUT2D eigenvalue weighted by atomic mass is 32.1. The van der Waals surface area contributed by atoms with Gasteiger partial charge in [0, 0.05) is 21.5 Å². The van der Waals surface area contributed by atoms with E-state index in [-0.39, 0.29) is 11.7 Å². The minimum atomic E-state index is -5.12. The van der Waals surface area contributed by atoms with Crippen molar-refractivity contribution < 1.29 is 22.8 Å². The Hall–Kier alpha value is -2.35. The molecule has 1 N–H and O–H groups in total. The van der Waals surface area contributed by atoms with Crippen LogP contribution in [-0.4, -0.2) is 24.0 Å². The number of amides is 2. The van der Waals surface area contributed by atoms with Crippen LogP contribution in [0, 0.1) is 20.8 Å². The predicted molar refractivity (Wildman–Crippen MR) is 116 cm³/mol. The van der Waals surface area contributed by atoms with Crippen LogP contribution < -0.4 is 10.2 Å². The van der Waals surface area contributed by atoms with E-state index in [9.17, 15) is 22.8 Å². The summed E-state index contributed by atoms with van der Waals surface area (Å²) in [7, 11) is 0. The fourth-order valence-electron chi connectivity index (χ4n) is 4.00. The average Bonchev–Trinajstić information content (AvgIpc) is 3.13. The van der Waals surface area contributed by atoms with Gasteiger partial charge in [-0.15, -0.1) is 11.3 Å². The molecular formula is C23H27F3N2O2S. The summed E-state index contributed by atoms with van der Waals surface area (Å²) in [5, 5.41) is 2.92. The van der Waals surface area contributed by atoms with Crippen molar-refractivity contribution in [3.63, 3.8) is 0 Å². The molecule has 1 aliphatic rings. The number of rotatable bonds is 5. The largest absolute Gasteiger partial charge is 0.471 e. The third-order valence-electron chi connectivity index (χ3n) is 5.79. The molecule has 0 unspecified atom stereocenters. The van der Waals surface area contributed by atoms with Gasteiger partial charge in [0.25, 0.3) is 0 Å². The van der Waals surface area contributed by atoms with Crippen LogP contribution in [0.2, 0.25) is 0 Å². The van der Waals surface area contributed by atoms with Gasteiger partial charge in [-0.05, 0) is 62.9 Å².